The summed E-state index contributed by atoms with van der Waals surface area (Å²) in [6, 6.07) is 1.22. The zero-order valence-electron chi connectivity index (χ0n) is 17.4. The highest BCUT2D eigenvalue weighted by Gasteiger charge is 2.52. The Morgan fingerprint density at radius 3 is 2.67 bits per heavy atom. The molecule has 0 aliphatic carbocycles. The minimum Gasteiger partial charge on any atom is -0.378 e. The zero-order chi connectivity index (χ0) is 19.7. The van der Waals surface area contributed by atoms with Gasteiger partial charge in [-0.3, -0.25) is 0 Å². The number of urea groups is 1. The Balaban J connectivity index is 1.66. The van der Waals surface area contributed by atoms with E-state index in [0.717, 1.165) is 25.0 Å². The fourth-order valence-corrected chi connectivity index (χ4v) is 4.50. The van der Waals surface area contributed by atoms with Gasteiger partial charge in [-0.05, 0) is 6.04 Å². The topological polar surface area (TPSA) is 59.8 Å². The fourth-order valence-electron chi connectivity index (χ4n) is 3.75. The number of hydrogen-bond acceptors (Lipinski definition) is 4. The molecule has 2 fully saturated rings. The van der Waals surface area contributed by atoms with Crippen molar-refractivity contribution in [1.82, 2.24) is 19.4 Å². The predicted octanol–water partition coefficient (Wildman–Crippen LogP) is 3.03. The molecule has 0 N–H and O–H groups in total. The summed E-state index contributed by atoms with van der Waals surface area (Å²) in [5.74, 6) is 0.917. The summed E-state index contributed by atoms with van der Waals surface area (Å²) in [5, 5.41) is 0. The average molecular weight is 395 g/mol. The molecule has 0 saturated carbocycles. The van der Waals surface area contributed by atoms with Crippen molar-refractivity contribution in [3.63, 3.8) is 0 Å². The third kappa shape index (κ3) is 4.73. The molecule has 27 heavy (non-hydrogen) atoms. The number of amides is 2. The van der Waals surface area contributed by atoms with Crippen LogP contribution in [-0.4, -0.2) is 72.9 Å². The van der Waals surface area contributed by atoms with E-state index < -0.39 is 8.07 Å². The van der Waals surface area contributed by atoms with E-state index in [-0.39, 0.29) is 17.5 Å². The third-order valence-corrected chi connectivity index (χ3v) is 7.08. The predicted molar refractivity (Wildman–Crippen MR) is 107 cm³/mol. The maximum absolute atomic E-state index is 13.0. The fraction of sp³-hybridized carbons (Fsp3) is 0.789. The van der Waals surface area contributed by atoms with Crippen molar-refractivity contribution in [1.29, 1.82) is 0 Å². The first-order chi connectivity index (χ1) is 12.7. The second kappa shape index (κ2) is 7.93. The van der Waals surface area contributed by atoms with Crippen LogP contribution in [0.15, 0.2) is 12.4 Å². The molecule has 1 atom stereocenters. The van der Waals surface area contributed by atoms with Crippen molar-refractivity contribution in [2.24, 2.45) is 5.41 Å². The summed E-state index contributed by atoms with van der Waals surface area (Å²) >= 11 is 0. The number of nitrogens with zero attached hydrogens (tertiary/aromatic N) is 4. The van der Waals surface area contributed by atoms with Crippen LogP contribution < -0.4 is 0 Å². The Morgan fingerprint density at radius 1 is 1.33 bits per heavy atom. The van der Waals surface area contributed by atoms with Crippen LogP contribution in [0.25, 0.3) is 0 Å². The molecule has 3 heterocycles. The minimum atomic E-state index is -1.10. The summed E-state index contributed by atoms with van der Waals surface area (Å²) in [5.41, 5.74) is 0.00335. The van der Waals surface area contributed by atoms with Crippen LogP contribution in [0, 0.1) is 5.41 Å². The van der Waals surface area contributed by atoms with E-state index >= 15 is 0 Å². The molecular weight excluding hydrogens is 360 g/mol. The first kappa shape index (κ1) is 20.4. The van der Waals surface area contributed by atoms with Crippen LogP contribution >= 0.6 is 0 Å². The van der Waals surface area contributed by atoms with E-state index in [4.69, 9.17) is 9.47 Å². The second-order valence-electron chi connectivity index (χ2n) is 9.50. The number of carbonyl (C=O) groups is 1. The van der Waals surface area contributed by atoms with Crippen molar-refractivity contribution in [2.75, 3.05) is 39.5 Å². The van der Waals surface area contributed by atoms with Gasteiger partial charge in [0.15, 0.2) is 0 Å². The maximum Gasteiger partial charge on any atom is 0.320 e. The smallest absolute Gasteiger partial charge is 0.320 e. The Hall–Kier alpha value is -1.38. The molecule has 152 valence electrons. The molecule has 0 aromatic carbocycles. The van der Waals surface area contributed by atoms with Gasteiger partial charge in [0.25, 0.3) is 0 Å². The van der Waals surface area contributed by atoms with Gasteiger partial charge >= 0.3 is 6.03 Å². The van der Waals surface area contributed by atoms with Gasteiger partial charge in [0, 0.05) is 52.1 Å². The third-order valence-electron chi connectivity index (χ3n) is 5.38. The summed E-state index contributed by atoms with van der Waals surface area (Å²) in [6.45, 7) is 16.0. The molecule has 1 unspecified atom stereocenters. The number of ether oxygens (including phenoxy) is 2. The van der Waals surface area contributed by atoms with E-state index in [0.29, 0.717) is 33.0 Å². The Labute approximate surface area is 163 Å². The van der Waals surface area contributed by atoms with Crippen LogP contribution in [0.1, 0.15) is 25.7 Å². The lowest BCUT2D eigenvalue weighted by Crippen LogP contribution is -2.62. The molecule has 8 heteroatoms. The standard InChI is InChI=1S/C19H34N4O3Si/c1-19(2)14-23(18(24)21-8-10-25-11-9-21)16(19)17-20-6-7-22(17)15-26-12-13-27(3,4)5/h6-7,16H,8-15H2,1-5H3. The molecule has 1 aromatic rings. The van der Waals surface area contributed by atoms with Crippen molar-refractivity contribution in [3.05, 3.63) is 18.2 Å². The van der Waals surface area contributed by atoms with Gasteiger partial charge in [0.05, 0.1) is 19.3 Å². The molecule has 0 radical (unpaired) electrons. The Kier molecular flexibility index (Phi) is 5.98. The Bertz CT molecular complexity index is 650. The number of rotatable bonds is 6. The van der Waals surface area contributed by atoms with Crippen molar-refractivity contribution in [2.45, 2.75) is 52.3 Å². The molecule has 0 bridgehead atoms. The van der Waals surface area contributed by atoms with Crippen LogP contribution in [0.4, 0.5) is 4.79 Å². The number of carbonyl (C=O) groups excluding carboxylic acids is 1. The number of morpholine rings is 1. The van der Waals surface area contributed by atoms with Gasteiger partial charge in [-0.25, -0.2) is 9.78 Å². The number of imidazole rings is 1. The van der Waals surface area contributed by atoms with Gasteiger partial charge in [0.1, 0.15) is 12.6 Å². The van der Waals surface area contributed by atoms with Gasteiger partial charge in [-0.1, -0.05) is 33.5 Å². The highest BCUT2D eigenvalue weighted by Crippen LogP contribution is 2.48. The normalized spacial score (nSPS) is 22.6. The van der Waals surface area contributed by atoms with Crippen LogP contribution in [0.5, 0.6) is 0 Å². The second-order valence-corrected chi connectivity index (χ2v) is 15.1. The van der Waals surface area contributed by atoms with Crippen molar-refractivity contribution < 1.29 is 14.3 Å². The number of likely N-dealkylation sites (tertiary alicyclic amines) is 1. The monoisotopic (exact) mass is 394 g/mol. The lowest BCUT2D eigenvalue weighted by molar-refractivity contribution is -0.0473. The van der Waals surface area contributed by atoms with Crippen LogP contribution in [0.2, 0.25) is 25.7 Å². The molecule has 2 amide bonds. The summed E-state index contributed by atoms with van der Waals surface area (Å²) in [7, 11) is -1.10. The highest BCUT2D eigenvalue weighted by molar-refractivity contribution is 6.76. The minimum absolute atomic E-state index is 0.00335. The van der Waals surface area contributed by atoms with Gasteiger partial charge in [0.2, 0.25) is 0 Å². The highest BCUT2D eigenvalue weighted by atomic mass is 28.3. The van der Waals surface area contributed by atoms with E-state index in [1.807, 2.05) is 22.2 Å². The lowest BCUT2D eigenvalue weighted by atomic mass is 9.74. The van der Waals surface area contributed by atoms with E-state index in [1.165, 1.54) is 0 Å². The molecule has 7 nitrogen and oxygen atoms in total. The zero-order valence-corrected chi connectivity index (χ0v) is 18.4. The van der Waals surface area contributed by atoms with Gasteiger partial charge in [-0.2, -0.15) is 0 Å². The quantitative estimate of drug-likeness (QED) is 0.550. The SMILES string of the molecule is CC1(C)CN(C(=O)N2CCOCC2)C1c1nccn1COCC[Si](C)(C)C. The molecule has 0 spiro atoms. The van der Waals surface area contributed by atoms with E-state index in [2.05, 4.69) is 43.0 Å². The maximum atomic E-state index is 13.0. The van der Waals surface area contributed by atoms with E-state index in [9.17, 15) is 4.79 Å². The summed E-state index contributed by atoms with van der Waals surface area (Å²) in [4.78, 5) is 21.4. The van der Waals surface area contributed by atoms with Gasteiger partial charge in [-0.15, -0.1) is 0 Å². The molecule has 2 aliphatic rings. The van der Waals surface area contributed by atoms with Crippen LogP contribution in [-0.2, 0) is 16.2 Å². The van der Waals surface area contributed by atoms with Crippen molar-refractivity contribution in [3.8, 4) is 0 Å². The first-order valence-electron chi connectivity index (χ1n) is 9.91. The van der Waals surface area contributed by atoms with Gasteiger partial charge < -0.3 is 23.8 Å². The average Bonchev–Trinajstić information content (AvgIpc) is 3.03. The molecular formula is C19H34N4O3Si. The molecule has 3 rings (SSSR count). The van der Waals surface area contributed by atoms with E-state index in [1.54, 1.807) is 0 Å². The summed E-state index contributed by atoms with van der Waals surface area (Å²) in [6.07, 6.45) is 3.76. The molecule has 2 aliphatic heterocycles. The molecule has 2 saturated heterocycles. The number of hydrogen-bond donors (Lipinski definition) is 0. The Morgan fingerprint density at radius 2 is 2.04 bits per heavy atom. The molecule has 1 aromatic heterocycles. The summed E-state index contributed by atoms with van der Waals surface area (Å²) < 4.78 is 13.3. The largest absolute Gasteiger partial charge is 0.378 e. The van der Waals surface area contributed by atoms with Crippen LogP contribution in [0.3, 0.4) is 0 Å². The lowest BCUT2D eigenvalue weighted by Gasteiger charge is -2.54. The van der Waals surface area contributed by atoms with Crippen molar-refractivity contribution >= 4 is 14.1 Å². The number of aromatic nitrogens is 2. The first-order valence-corrected chi connectivity index (χ1v) is 13.6.